The van der Waals surface area contributed by atoms with Gasteiger partial charge in [-0.25, -0.2) is 13.8 Å². The van der Waals surface area contributed by atoms with E-state index >= 15 is 0 Å². The smallest absolute Gasteiger partial charge is 0.257 e. The molecular formula is C18H18F2N6OS. The van der Waals surface area contributed by atoms with Gasteiger partial charge in [0, 0.05) is 25.1 Å². The second kappa shape index (κ2) is 7.34. The monoisotopic (exact) mass is 404 g/mol. The lowest BCUT2D eigenvalue weighted by atomic mass is 9.85. The van der Waals surface area contributed by atoms with Crippen molar-refractivity contribution in [2.75, 3.05) is 19.6 Å². The van der Waals surface area contributed by atoms with Gasteiger partial charge in [-0.2, -0.15) is 4.37 Å². The number of nitrogens with zero attached hydrogens (tertiary/aromatic N) is 4. The van der Waals surface area contributed by atoms with E-state index in [1.165, 1.54) is 16.2 Å². The number of rotatable bonds is 3. The lowest BCUT2D eigenvalue weighted by Gasteiger charge is -2.35. The first kappa shape index (κ1) is 18.6. The molecule has 2 N–H and O–H groups in total. The molecule has 1 aromatic carbocycles. The maximum absolute atomic E-state index is 13.9. The van der Waals surface area contributed by atoms with Crippen LogP contribution < -0.4 is 0 Å². The van der Waals surface area contributed by atoms with Crippen molar-refractivity contribution in [3.05, 3.63) is 46.2 Å². The van der Waals surface area contributed by atoms with Crippen molar-refractivity contribution in [2.45, 2.75) is 25.2 Å². The fourth-order valence-electron chi connectivity index (χ4n) is 3.23. The summed E-state index contributed by atoms with van der Waals surface area (Å²) in [7, 11) is 0. The number of amidine groups is 2. The van der Waals surface area contributed by atoms with Crippen molar-refractivity contribution in [2.24, 2.45) is 0 Å². The topological polar surface area (TPSA) is 97.0 Å². The van der Waals surface area contributed by atoms with E-state index in [2.05, 4.69) is 9.36 Å². The highest BCUT2D eigenvalue weighted by atomic mass is 32.1. The molecule has 10 heteroatoms. The van der Waals surface area contributed by atoms with Gasteiger partial charge in [0.05, 0.1) is 12.1 Å². The zero-order chi connectivity index (χ0) is 19.8. The Morgan fingerprint density at radius 1 is 1.25 bits per heavy atom. The molecule has 2 aliphatic rings. The van der Waals surface area contributed by atoms with E-state index in [9.17, 15) is 13.6 Å². The number of hydrogen-bond acceptors (Lipinski definition) is 6. The van der Waals surface area contributed by atoms with Gasteiger partial charge >= 0.3 is 0 Å². The van der Waals surface area contributed by atoms with Crippen LogP contribution in [0.2, 0.25) is 0 Å². The number of halogens is 2. The summed E-state index contributed by atoms with van der Waals surface area (Å²) in [6.45, 7) is 0.381. The molecule has 1 saturated carbocycles. The van der Waals surface area contributed by atoms with Gasteiger partial charge in [-0.1, -0.05) is 6.42 Å². The first-order chi connectivity index (χ1) is 13.4. The Bertz CT molecular complexity index is 957. The Labute approximate surface area is 164 Å². The van der Waals surface area contributed by atoms with E-state index in [1.54, 1.807) is 0 Å². The molecule has 1 aromatic heterocycles. The van der Waals surface area contributed by atoms with Gasteiger partial charge in [-0.3, -0.25) is 15.6 Å². The Kier molecular flexibility index (Phi) is 4.88. The lowest BCUT2D eigenvalue weighted by molar-refractivity contribution is 0.0752. The van der Waals surface area contributed by atoms with Crippen molar-refractivity contribution in [3.8, 4) is 0 Å². The number of hydrogen-bond donors (Lipinski definition) is 2. The molecule has 1 saturated heterocycles. The Morgan fingerprint density at radius 3 is 2.68 bits per heavy atom. The van der Waals surface area contributed by atoms with Crippen LogP contribution in [-0.4, -0.2) is 56.4 Å². The predicted molar refractivity (Wildman–Crippen MR) is 100 cm³/mol. The number of piperazine rings is 1. The molecule has 2 fully saturated rings. The normalized spacial score (nSPS) is 17.6. The maximum Gasteiger partial charge on any atom is 0.257 e. The van der Waals surface area contributed by atoms with Gasteiger partial charge in [0.1, 0.15) is 23.3 Å². The van der Waals surface area contributed by atoms with Crippen LogP contribution in [0.15, 0.2) is 18.2 Å². The molecule has 1 aliphatic carbocycles. The van der Waals surface area contributed by atoms with Crippen LogP contribution in [0.25, 0.3) is 0 Å². The van der Waals surface area contributed by atoms with E-state index in [1.807, 2.05) is 0 Å². The van der Waals surface area contributed by atoms with E-state index in [0.29, 0.717) is 17.0 Å². The van der Waals surface area contributed by atoms with Gasteiger partial charge in [0.2, 0.25) is 0 Å². The number of amides is 1. The van der Waals surface area contributed by atoms with E-state index in [0.717, 1.165) is 42.3 Å². The first-order valence-electron chi connectivity index (χ1n) is 8.96. The fourth-order valence-corrected chi connectivity index (χ4v) is 3.93. The van der Waals surface area contributed by atoms with Crippen LogP contribution in [0.5, 0.6) is 0 Å². The lowest BCUT2D eigenvalue weighted by Crippen LogP contribution is -2.54. The van der Waals surface area contributed by atoms with Gasteiger partial charge in [-0.15, -0.1) is 0 Å². The predicted octanol–water partition coefficient (Wildman–Crippen LogP) is 2.84. The molecule has 4 rings (SSSR count). The highest BCUT2D eigenvalue weighted by Crippen LogP contribution is 2.35. The Balaban J connectivity index is 1.43. The SMILES string of the molecule is N=C1CN(C(=O)c2ccc(F)cc2F)CCN1C(=N)c1nc(C2CCC2)ns1. The van der Waals surface area contributed by atoms with Crippen molar-refractivity contribution >= 4 is 29.1 Å². The number of nitrogens with one attached hydrogen (secondary N) is 2. The molecule has 28 heavy (non-hydrogen) atoms. The summed E-state index contributed by atoms with van der Waals surface area (Å²) in [5, 5.41) is 17.1. The second-order valence-electron chi connectivity index (χ2n) is 6.88. The zero-order valence-electron chi connectivity index (χ0n) is 14.9. The van der Waals surface area contributed by atoms with E-state index in [4.69, 9.17) is 10.8 Å². The average Bonchev–Trinajstić information content (AvgIpc) is 3.08. The minimum atomic E-state index is -0.927. The van der Waals surface area contributed by atoms with Crippen molar-refractivity contribution in [3.63, 3.8) is 0 Å². The largest absolute Gasteiger partial charge is 0.329 e. The summed E-state index contributed by atoms with van der Waals surface area (Å²) in [5.74, 6) is -1.000. The van der Waals surface area contributed by atoms with Crippen LogP contribution >= 0.6 is 11.5 Å². The Hall–Kier alpha value is -2.75. The molecule has 1 amide bonds. The minimum absolute atomic E-state index is 0.0486. The molecule has 1 aliphatic heterocycles. The number of benzene rings is 1. The Morgan fingerprint density at radius 2 is 2.04 bits per heavy atom. The molecule has 0 radical (unpaired) electrons. The third-order valence-electron chi connectivity index (χ3n) is 5.09. The highest BCUT2D eigenvalue weighted by molar-refractivity contribution is 7.07. The number of carbonyl (C=O) groups excluding carboxylic acids is 1. The van der Waals surface area contributed by atoms with Gasteiger partial charge < -0.3 is 9.80 Å². The van der Waals surface area contributed by atoms with Crippen LogP contribution in [-0.2, 0) is 0 Å². The summed E-state index contributed by atoms with van der Waals surface area (Å²) in [5.41, 5.74) is -0.230. The fraction of sp³-hybridized carbons (Fsp3) is 0.389. The van der Waals surface area contributed by atoms with Crippen LogP contribution in [0, 0.1) is 22.5 Å². The summed E-state index contributed by atoms with van der Waals surface area (Å²) < 4.78 is 31.3. The summed E-state index contributed by atoms with van der Waals surface area (Å²) in [4.78, 5) is 19.8. The summed E-state index contributed by atoms with van der Waals surface area (Å²) >= 11 is 1.15. The molecule has 0 bridgehead atoms. The van der Waals surface area contributed by atoms with Crippen LogP contribution in [0.1, 0.15) is 46.4 Å². The zero-order valence-corrected chi connectivity index (χ0v) is 15.7. The number of carbonyl (C=O) groups is 1. The summed E-state index contributed by atoms with van der Waals surface area (Å²) in [6, 6.07) is 2.80. The van der Waals surface area contributed by atoms with Crippen LogP contribution in [0.4, 0.5) is 8.78 Å². The number of aromatic nitrogens is 2. The third-order valence-corrected chi connectivity index (χ3v) is 5.83. The van der Waals surface area contributed by atoms with Crippen LogP contribution in [0.3, 0.4) is 0 Å². The molecule has 0 spiro atoms. The summed E-state index contributed by atoms with van der Waals surface area (Å²) in [6.07, 6.45) is 3.31. The third kappa shape index (κ3) is 3.39. The average molecular weight is 404 g/mol. The first-order valence-corrected chi connectivity index (χ1v) is 9.73. The van der Waals surface area contributed by atoms with E-state index in [-0.39, 0.29) is 36.9 Å². The molecule has 0 atom stereocenters. The molecule has 2 heterocycles. The maximum atomic E-state index is 13.9. The van der Waals surface area contributed by atoms with Crippen molar-refractivity contribution < 1.29 is 13.6 Å². The van der Waals surface area contributed by atoms with E-state index < -0.39 is 17.5 Å². The molecule has 0 unspecified atom stereocenters. The minimum Gasteiger partial charge on any atom is -0.329 e. The molecule has 146 valence electrons. The molecule has 2 aromatic rings. The standard InChI is InChI=1S/C18H18F2N6OS/c19-11-4-5-12(13(20)8-11)18(27)25-6-7-26(14(21)9-25)15(22)17-23-16(24-28-17)10-2-1-3-10/h4-5,8,10,21-22H,1-3,6-7,9H2. The van der Waals surface area contributed by atoms with Crippen molar-refractivity contribution in [1.82, 2.24) is 19.2 Å². The second-order valence-corrected chi connectivity index (χ2v) is 7.64. The molecule has 7 nitrogen and oxygen atoms in total. The molecular weight excluding hydrogens is 386 g/mol. The van der Waals surface area contributed by atoms with Gasteiger partial charge in [0.15, 0.2) is 10.8 Å². The van der Waals surface area contributed by atoms with Gasteiger partial charge in [0.25, 0.3) is 5.91 Å². The highest BCUT2D eigenvalue weighted by Gasteiger charge is 2.31. The van der Waals surface area contributed by atoms with Gasteiger partial charge in [-0.05, 0) is 36.5 Å². The van der Waals surface area contributed by atoms with Crippen molar-refractivity contribution in [1.29, 1.82) is 10.8 Å². The quantitative estimate of drug-likeness (QED) is 0.607.